The number of nitrogens with two attached hydrogens (primary N) is 1. The van der Waals surface area contributed by atoms with Gasteiger partial charge in [0.1, 0.15) is 5.82 Å². The van der Waals surface area contributed by atoms with Gasteiger partial charge in [-0.15, -0.1) is 0 Å². The lowest BCUT2D eigenvalue weighted by Gasteiger charge is -2.28. The summed E-state index contributed by atoms with van der Waals surface area (Å²) in [5, 5.41) is 12.7. The van der Waals surface area contributed by atoms with Crippen LogP contribution in [0, 0.1) is 0 Å². The summed E-state index contributed by atoms with van der Waals surface area (Å²) in [4.78, 5) is 6.84. The molecule has 0 bridgehead atoms. The van der Waals surface area contributed by atoms with Crippen molar-refractivity contribution in [2.45, 2.75) is 4.90 Å². The summed E-state index contributed by atoms with van der Waals surface area (Å²) in [7, 11) is -3.75. The van der Waals surface area contributed by atoms with Crippen LogP contribution in [0.25, 0.3) is 33.5 Å². The van der Waals surface area contributed by atoms with Gasteiger partial charge in [-0.1, -0.05) is 36.4 Å². The molecule has 1 saturated heterocycles. The monoisotopic (exact) mass is 461 g/mol. The molecule has 3 N–H and O–H groups in total. The molecule has 0 saturated carbocycles. The maximum atomic E-state index is 11.7. The number of nitrogens with one attached hydrogen (secondary N) is 1. The van der Waals surface area contributed by atoms with Crippen LogP contribution < -0.4 is 10.0 Å². The number of morpholine rings is 1. The van der Waals surface area contributed by atoms with Crippen LogP contribution in [0.4, 0.5) is 5.82 Å². The van der Waals surface area contributed by atoms with Crippen molar-refractivity contribution >= 4 is 15.8 Å². The molecule has 4 aromatic rings. The quantitative estimate of drug-likeness (QED) is 0.471. The van der Waals surface area contributed by atoms with Crippen molar-refractivity contribution in [3.05, 3.63) is 73.1 Å². The number of hydrogen-bond acceptors (Lipinski definition) is 6. The SMILES string of the molecule is NS(=O)(=O)c1cccc(-c2ccc(-c3cn[nH]c3-c3ccnc(N4CCOCC4)c3)cc2)c1. The minimum atomic E-state index is -3.75. The summed E-state index contributed by atoms with van der Waals surface area (Å²) < 4.78 is 28.8. The number of hydrogen-bond donors (Lipinski definition) is 2. The second kappa shape index (κ2) is 8.78. The number of sulfonamides is 1. The van der Waals surface area contributed by atoms with Gasteiger partial charge in [0.15, 0.2) is 0 Å². The molecular formula is C24H23N5O3S. The zero-order chi connectivity index (χ0) is 22.8. The van der Waals surface area contributed by atoms with Crippen LogP contribution >= 0.6 is 0 Å². The molecule has 0 spiro atoms. The van der Waals surface area contributed by atoms with Crippen molar-refractivity contribution in [1.82, 2.24) is 15.2 Å². The van der Waals surface area contributed by atoms with Gasteiger partial charge in [0.2, 0.25) is 10.0 Å². The fraction of sp³-hybridized carbons (Fsp3) is 0.167. The molecule has 9 heteroatoms. The highest BCUT2D eigenvalue weighted by molar-refractivity contribution is 7.89. The van der Waals surface area contributed by atoms with Gasteiger partial charge in [0.05, 0.1) is 30.0 Å². The Labute approximate surface area is 192 Å². The Morgan fingerprint density at radius 2 is 1.67 bits per heavy atom. The van der Waals surface area contributed by atoms with Gasteiger partial charge >= 0.3 is 0 Å². The topological polar surface area (TPSA) is 114 Å². The summed E-state index contributed by atoms with van der Waals surface area (Å²) in [5.41, 5.74) is 5.56. The molecule has 2 aromatic carbocycles. The maximum absolute atomic E-state index is 11.7. The zero-order valence-electron chi connectivity index (χ0n) is 17.8. The predicted octanol–water partition coefficient (Wildman–Crippen LogP) is 3.29. The second-order valence-corrected chi connectivity index (χ2v) is 9.37. The first-order valence-corrected chi connectivity index (χ1v) is 12.1. The van der Waals surface area contributed by atoms with Crippen molar-refractivity contribution < 1.29 is 13.2 Å². The number of ether oxygens (including phenoxy) is 1. The van der Waals surface area contributed by atoms with Crippen LogP contribution in [0.5, 0.6) is 0 Å². The number of aromatic nitrogens is 3. The molecule has 1 fully saturated rings. The Morgan fingerprint density at radius 3 is 2.42 bits per heavy atom. The minimum absolute atomic E-state index is 0.0926. The molecule has 2 aromatic heterocycles. The van der Waals surface area contributed by atoms with E-state index in [-0.39, 0.29) is 4.90 Å². The van der Waals surface area contributed by atoms with E-state index in [1.54, 1.807) is 18.3 Å². The number of primary sulfonamides is 1. The lowest BCUT2D eigenvalue weighted by atomic mass is 9.99. The van der Waals surface area contributed by atoms with Crippen LogP contribution in [0.3, 0.4) is 0 Å². The van der Waals surface area contributed by atoms with Crippen LogP contribution in [-0.2, 0) is 14.8 Å². The van der Waals surface area contributed by atoms with Gasteiger partial charge in [-0.2, -0.15) is 5.10 Å². The third-order valence-corrected chi connectivity index (χ3v) is 6.61. The highest BCUT2D eigenvalue weighted by Crippen LogP contribution is 2.33. The minimum Gasteiger partial charge on any atom is -0.378 e. The number of benzene rings is 2. The first kappa shape index (κ1) is 21.3. The molecule has 1 aliphatic heterocycles. The Balaban J connectivity index is 1.44. The number of anilines is 1. The van der Waals surface area contributed by atoms with Gasteiger partial charge in [-0.25, -0.2) is 18.5 Å². The van der Waals surface area contributed by atoms with E-state index in [1.165, 1.54) is 6.07 Å². The van der Waals surface area contributed by atoms with Crippen molar-refractivity contribution in [2.24, 2.45) is 5.14 Å². The first-order valence-electron chi connectivity index (χ1n) is 10.6. The predicted molar refractivity (Wildman–Crippen MR) is 127 cm³/mol. The molecule has 0 amide bonds. The average Bonchev–Trinajstić information content (AvgIpc) is 3.34. The van der Waals surface area contributed by atoms with E-state index >= 15 is 0 Å². The standard InChI is InChI=1S/C24H23N5O3S/c25-33(30,31)21-3-1-2-19(14-21)17-4-6-18(7-5-17)22-16-27-28-24(22)20-8-9-26-23(15-20)29-10-12-32-13-11-29/h1-9,14-16H,10-13H2,(H,27,28)(H2,25,30,31). The molecule has 168 valence electrons. The van der Waals surface area contributed by atoms with Crippen LogP contribution in [0.1, 0.15) is 0 Å². The van der Waals surface area contributed by atoms with Crippen LogP contribution in [0.15, 0.2) is 78.0 Å². The average molecular weight is 462 g/mol. The van der Waals surface area contributed by atoms with Crippen molar-refractivity contribution in [3.8, 4) is 33.5 Å². The Hall–Kier alpha value is -3.53. The molecule has 5 rings (SSSR count). The fourth-order valence-corrected chi connectivity index (χ4v) is 4.52. The Morgan fingerprint density at radius 1 is 0.909 bits per heavy atom. The van der Waals surface area contributed by atoms with E-state index in [1.807, 2.05) is 42.6 Å². The van der Waals surface area contributed by atoms with Crippen LogP contribution in [-0.4, -0.2) is 49.9 Å². The fourth-order valence-electron chi connectivity index (χ4n) is 3.96. The summed E-state index contributed by atoms with van der Waals surface area (Å²) in [5.74, 6) is 0.918. The number of nitrogens with zero attached hydrogens (tertiary/aromatic N) is 3. The molecule has 0 radical (unpaired) electrons. The van der Waals surface area contributed by atoms with E-state index < -0.39 is 10.0 Å². The summed E-state index contributed by atoms with van der Waals surface area (Å²) in [6.07, 6.45) is 3.62. The lowest BCUT2D eigenvalue weighted by molar-refractivity contribution is 0.122. The molecular weight excluding hydrogens is 438 g/mol. The Kier molecular flexibility index (Phi) is 5.67. The van der Waals surface area contributed by atoms with E-state index in [9.17, 15) is 8.42 Å². The van der Waals surface area contributed by atoms with Gasteiger partial charge in [0.25, 0.3) is 0 Å². The lowest BCUT2D eigenvalue weighted by Crippen LogP contribution is -2.36. The van der Waals surface area contributed by atoms with E-state index in [4.69, 9.17) is 9.88 Å². The summed E-state index contributed by atoms with van der Waals surface area (Å²) >= 11 is 0. The Bertz CT molecular complexity index is 1380. The number of aromatic amines is 1. The van der Waals surface area contributed by atoms with Gasteiger partial charge in [0, 0.05) is 30.4 Å². The molecule has 0 atom stereocenters. The van der Waals surface area contributed by atoms with Gasteiger partial charge in [-0.05, 0) is 41.0 Å². The maximum Gasteiger partial charge on any atom is 0.238 e. The first-order chi connectivity index (χ1) is 16.0. The third kappa shape index (κ3) is 4.51. The van der Waals surface area contributed by atoms with E-state index in [0.717, 1.165) is 52.4 Å². The second-order valence-electron chi connectivity index (χ2n) is 7.81. The van der Waals surface area contributed by atoms with Gasteiger partial charge in [-0.3, -0.25) is 5.10 Å². The number of pyridine rings is 1. The van der Waals surface area contributed by atoms with E-state index in [2.05, 4.69) is 26.1 Å². The van der Waals surface area contributed by atoms with Crippen LogP contribution in [0.2, 0.25) is 0 Å². The molecule has 0 unspecified atom stereocenters. The normalized spacial score (nSPS) is 14.4. The summed E-state index contributed by atoms with van der Waals surface area (Å²) in [6.45, 7) is 3.04. The molecule has 33 heavy (non-hydrogen) atoms. The van der Waals surface area contributed by atoms with E-state index in [0.29, 0.717) is 13.2 Å². The van der Waals surface area contributed by atoms with Crippen molar-refractivity contribution in [2.75, 3.05) is 31.2 Å². The largest absolute Gasteiger partial charge is 0.378 e. The smallest absolute Gasteiger partial charge is 0.238 e. The van der Waals surface area contributed by atoms with Crippen molar-refractivity contribution in [1.29, 1.82) is 0 Å². The van der Waals surface area contributed by atoms with Gasteiger partial charge < -0.3 is 9.64 Å². The summed E-state index contributed by atoms with van der Waals surface area (Å²) in [6, 6.07) is 18.6. The molecule has 0 aliphatic carbocycles. The highest BCUT2D eigenvalue weighted by Gasteiger charge is 2.16. The molecule has 3 heterocycles. The zero-order valence-corrected chi connectivity index (χ0v) is 18.6. The third-order valence-electron chi connectivity index (χ3n) is 5.70. The highest BCUT2D eigenvalue weighted by atomic mass is 32.2. The van der Waals surface area contributed by atoms with Crippen molar-refractivity contribution in [3.63, 3.8) is 0 Å². The number of H-pyrrole nitrogens is 1. The molecule has 8 nitrogen and oxygen atoms in total. The molecule has 1 aliphatic rings. The number of rotatable bonds is 5.